The normalized spacial score (nSPS) is 44.4. The van der Waals surface area contributed by atoms with E-state index >= 15 is 0 Å². The Labute approximate surface area is 86.8 Å². The Morgan fingerprint density at radius 3 is 2.71 bits per heavy atom. The Kier molecular flexibility index (Phi) is 2.18. The van der Waals surface area contributed by atoms with E-state index in [1.54, 1.807) is 6.08 Å². The van der Waals surface area contributed by atoms with Gasteiger partial charge in [-0.3, -0.25) is 0 Å². The van der Waals surface area contributed by atoms with Crippen molar-refractivity contribution in [2.24, 2.45) is 29.1 Å². The zero-order valence-electron chi connectivity index (χ0n) is 9.33. The second kappa shape index (κ2) is 3.12. The molecule has 2 rings (SSSR count). The SMILES string of the molecule is CC1CCC2C(C1C=CC#N)C2(C)C. The van der Waals surface area contributed by atoms with Crippen molar-refractivity contribution in [3.8, 4) is 6.07 Å². The van der Waals surface area contributed by atoms with E-state index < -0.39 is 0 Å². The Hall–Kier alpha value is -0.770. The molecule has 2 aliphatic rings. The number of hydrogen-bond donors (Lipinski definition) is 0. The molecule has 0 spiro atoms. The van der Waals surface area contributed by atoms with Crippen molar-refractivity contribution in [1.82, 2.24) is 0 Å². The minimum atomic E-state index is 0.537. The van der Waals surface area contributed by atoms with E-state index in [0.717, 1.165) is 17.8 Å². The highest BCUT2D eigenvalue weighted by molar-refractivity contribution is 5.17. The van der Waals surface area contributed by atoms with Crippen LogP contribution in [0.5, 0.6) is 0 Å². The quantitative estimate of drug-likeness (QED) is 0.580. The minimum absolute atomic E-state index is 0.537. The van der Waals surface area contributed by atoms with E-state index in [4.69, 9.17) is 5.26 Å². The van der Waals surface area contributed by atoms with Crippen LogP contribution in [0, 0.1) is 40.4 Å². The maximum atomic E-state index is 8.58. The molecule has 0 aromatic heterocycles. The van der Waals surface area contributed by atoms with E-state index in [2.05, 4.69) is 32.9 Å². The van der Waals surface area contributed by atoms with E-state index in [0.29, 0.717) is 11.3 Å². The molecular formula is C13H19N. The van der Waals surface area contributed by atoms with Crippen LogP contribution in [-0.2, 0) is 0 Å². The molecule has 0 aromatic rings. The van der Waals surface area contributed by atoms with Crippen LogP contribution in [0.2, 0.25) is 0 Å². The van der Waals surface area contributed by atoms with Crippen molar-refractivity contribution in [1.29, 1.82) is 5.26 Å². The molecule has 1 nitrogen and oxygen atoms in total. The van der Waals surface area contributed by atoms with Crippen LogP contribution in [0.25, 0.3) is 0 Å². The molecule has 0 aliphatic heterocycles. The molecule has 2 fully saturated rings. The Morgan fingerprint density at radius 2 is 2.07 bits per heavy atom. The van der Waals surface area contributed by atoms with Gasteiger partial charge in [0, 0.05) is 6.08 Å². The fourth-order valence-electron chi connectivity index (χ4n) is 3.55. The van der Waals surface area contributed by atoms with Gasteiger partial charge in [-0.25, -0.2) is 0 Å². The molecule has 14 heavy (non-hydrogen) atoms. The van der Waals surface area contributed by atoms with Crippen molar-refractivity contribution in [3.63, 3.8) is 0 Å². The first-order valence-corrected chi connectivity index (χ1v) is 5.65. The molecule has 76 valence electrons. The molecule has 4 atom stereocenters. The third-order valence-corrected chi connectivity index (χ3v) is 4.54. The third kappa shape index (κ3) is 1.29. The van der Waals surface area contributed by atoms with Gasteiger partial charge in [0.1, 0.15) is 0 Å². The summed E-state index contributed by atoms with van der Waals surface area (Å²) in [5.74, 6) is 3.19. The summed E-state index contributed by atoms with van der Waals surface area (Å²) in [5.41, 5.74) is 0.537. The molecular weight excluding hydrogens is 170 g/mol. The smallest absolute Gasteiger partial charge is 0.0908 e. The Bertz CT molecular complexity index is 295. The molecule has 0 bridgehead atoms. The summed E-state index contributed by atoms with van der Waals surface area (Å²) in [6.45, 7) is 7.10. The van der Waals surface area contributed by atoms with E-state index in [-0.39, 0.29) is 0 Å². The highest BCUT2D eigenvalue weighted by Gasteiger charge is 2.62. The third-order valence-electron chi connectivity index (χ3n) is 4.54. The first kappa shape index (κ1) is 9.77. The van der Waals surface area contributed by atoms with Crippen LogP contribution < -0.4 is 0 Å². The molecule has 1 heteroatoms. The molecule has 4 unspecified atom stereocenters. The number of hydrogen-bond acceptors (Lipinski definition) is 1. The Balaban J connectivity index is 2.14. The van der Waals surface area contributed by atoms with Crippen LogP contribution in [0.1, 0.15) is 33.6 Å². The molecule has 0 aromatic carbocycles. The van der Waals surface area contributed by atoms with Gasteiger partial charge in [0.05, 0.1) is 6.07 Å². The average Bonchev–Trinajstić information content (AvgIpc) is 2.68. The summed E-state index contributed by atoms with van der Waals surface area (Å²) in [7, 11) is 0. The first-order chi connectivity index (χ1) is 6.59. The number of nitriles is 1. The monoisotopic (exact) mass is 189 g/mol. The largest absolute Gasteiger partial charge is 0.193 e. The maximum Gasteiger partial charge on any atom is 0.0908 e. The van der Waals surface area contributed by atoms with Crippen molar-refractivity contribution in [2.75, 3.05) is 0 Å². The second-order valence-corrected chi connectivity index (χ2v) is 5.57. The lowest BCUT2D eigenvalue weighted by Gasteiger charge is -2.25. The van der Waals surface area contributed by atoms with Crippen molar-refractivity contribution < 1.29 is 0 Å². The maximum absolute atomic E-state index is 8.58. The van der Waals surface area contributed by atoms with Crippen LogP contribution >= 0.6 is 0 Å². The molecule has 2 saturated carbocycles. The lowest BCUT2D eigenvalue weighted by atomic mass is 9.80. The van der Waals surface area contributed by atoms with Crippen LogP contribution in [-0.4, -0.2) is 0 Å². The van der Waals surface area contributed by atoms with Crippen molar-refractivity contribution in [3.05, 3.63) is 12.2 Å². The highest BCUT2D eigenvalue weighted by Crippen LogP contribution is 2.68. The zero-order valence-corrected chi connectivity index (χ0v) is 9.33. The molecule has 2 aliphatic carbocycles. The van der Waals surface area contributed by atoms with Gasteiger partial charge < -0.3 is 0 Å². The lowest BCUT2D eigenvalue weighted by Crippen LogP contribution is -2.17. The van der Waals surface area contributed by atoms with E-state index in [1.165, 1.54) is 12.8 Å². The molecule has 0 radical (unpaired) electrons. The summed E-state index contributed by atoms with van der Waals surface area (Å²) in [6, 6.07) is 2.12. The second-order valence-electron chi connectivity index (χ2n) is 5.57. The number of allylic oxidation sites excluding steroid dienone is 2. The number of fused-ring (bicyclic) bond motifs is 1. The van der Waals surface area contributed by atoms with Gasteiger partial charge in [0.15, 0.2) is 0 Å². The fourth-order valence-corrected chi connectivity index (χ4v) is 3.55. The summed E-state index contributed by atoms with van der Waals surface area (Å²) >= 11 is 0. The standard InChI is InChI=1S/C13H19N/c1-9-6-7-11-12(13(11,2)3)10(9)5-4-8-14/h4-5,9-12H,6-7H2,1-3H3. The fraction of sp³-hybridized carbons (Fsp3) is 0.769. The van der Waals surface area contributed by atoms with Crippen molar-refractivity contribution in [2.45, 2.75) is 33.6 Å². The predicted molar refractivity (Wildman–Crippen MR) is 57.4 cm³/mol. The topological polar surface area (TPSA) is 23.8 Å². The highest BCUT2D eigenvalue weighted by atomic mass is 14.7. The van der Waals surface area contributed by atoms with Gasteiger partial charge in [-0.05, 0) is 41.9 Å². The van der Waals surface area contributed by atoms with E-state index in [1.807, 2.05) is 0 Å². The molecule has 0 heterocycles. The first-order valence-electron chi connectivity index (χ1n) is 5.65. The van der Waals surface area contributed by atoms with E-state index in [9.17, 15) is 0 Å². The average molecular weight is 189 g/mol. The van der Waals surface area contributed by atoms with Gasteiger partial charge in [0.25, 0.3) is 0 Å². The predicted octanol–water partition coefficient (Wildman–Crippen LogP) is 3.38. The van der Waals surface area contributed by atoms with Crippen LogP contribution in [0.3, 0.4) is 0 Å². The van der Waals surface area contributed by atoms with Gasteiger partial charge in [-0.1, -0.05) is 26.8 Å². The Morgan fingerprint density at radius 1 is 1.36 bits per heavy atom. The molecule has 0 saturated heterocycles. The summed E-state index contributed by atoms with van der Waals surface area (Å²) in [4.78, 5) is 0. The summed E-state index contributed by atoms with van der Waals surface area (Å²) in [5, 5.41) is 8.58. The van der Waals surface area contributed by atoms with Gasteiger partial charge in [-0.2, -0.15) is 5.26 Å². The summed E-state index contributed by atoms with van der Waals surface area (Å²) in [6.07, 6.45) is 6.56. The van der Waals surface area contributed by atoms with Crippen LogP contribution in [0.4, 0.5) is 0 Å². The summed E-state index contributed by atoms with van der Waals surface area (Å²) < 4.78 is 0. The van der Waals surface area contributed by atoms with Crippen LogP contribution in [0.15, 0.2) is 12.2 Å². The molecule has 0 amide bonds. The van der Waals surface area contributed by atoms with Gasteiger partial charge in [-0.15, -0.1) is 0 Å². The number of rotatable bonds is 1. The minimum Gasteiger partial charge on any atom is -0.193 e. The number of nitrogens with zero attached hydrogens (tertiary/aromatic N) is 1. The molecule has 0 N–H and O–H groups in total. The lowest BCUT2D eigenvalue weighted by molar-refractivity contribution is 0.285. The van der Waals surface area contributed by atoms with Gasteiger partial charge in [0.2, 0.25) is 0 Å². The zero-order chi connectivity index (χ0) is 10.3. The van der Waals surface area contributed by atoms with Gasteiger partial charge >= 0.3 is 0 Å². The van der Waals surface area contributed by atoms with Crippen molar-refractivity contribution >= 4 is 0 Å².